The standard InChI is InChI=1S/C8H18N2O3/c1-3-4-9-8(11)7-10-13-6-5-12-2/h10H,3-7H2,1-2H3,(H,9,11). The topological polar surface area (TPSA) is 59.6 Å². The number of hydrogen-bond acceptors (Lipinski definition) is 4. The van der Waals surface area contributed by atoms with E-state index in [-0.39, 0.29) is 12.5 Å². The first kappa shape index (κ1) is 12.3. The number of amides is 1. The fourth-order valence-electron chi connectivity index (χ4n) is 0.641. The van der Waals surface area contributed by atoms with Crippen molar-refractivity contribution in [1.82, 2.24) is 10.8 Å². The van der Waals surface area contributed by atoms with E-state index in [1.165, 1.54) is 0 Å². The highest BCUT2D eigenvalue weighted by atomic mass is 16.7. The molecule has 0 aromatic carbocycles. The number of methoxy groups -OCH3 is 1. The van der Waals surface area contributed by atoms with Crippen molar-refractivity contribution in [2.75, 3.05) is 33.4 Å². The molecule has 2 N–H and O–H groups in total. The molecule has 0 aliphatic carbocycles. The van der Waals surface area contributed by atoms with Crippen LogP contribution in [0.25, 0.3) is 0 Å². The second-order valence-corrected chi connectivity index (χ2v) is 2.51. The Morgan fingerprint density at radius 1 is 1.38 bits per heavy atom. The highest BCUT2D eigenvalue weighted by Crippen LogP contribution is 1.72. The van der Waals surface area contributed by atoms with Crippen LogP contribution in [-0.4, -0.2) is 39.3 Å². The third-order valence-electron chi connectivity index (χ3n) is 1.30. The second-order valence-electron chi connectivity index (χ2n) is 2.51. The molecule has 0 atom stereocenters. The van der Waals surface area contributed by atoms with E-state index in [1.807, 2.05) is 6.92 Å². The van der Waals surface area contributed by atoms with Crippen LogP contribution < -0.4 is 10.8 Å². The molecule has 0 unspecified atom stereocenters. The van der Waals surface area contributed by atoms with Gasteiger partial charge in [0.2, 0.25) is 5.91 Å². The Morgan fingerprint density at radius 3 is 2.77 bits per heavy atom. The van der Waals surface area contributed by atoms with Crippen molar-refractivity contribution >= 4 is 5.91 Å². The van der Waals surface area contributed by atoms with Gasteiger partial charge in [0.25, 0.3) is 0 Å². The predicted molar refractivity (Wildman–Crippen MR) is 49.1 cm³/mol. The van der Waals surface area contributed by atoms with Gasteiger partial charge in [-0.3, -0.25) is 9.63 Å². The highest BCUT2D eigenvalue weighted by molar-refractivity contribution is 5.77. The van der Waals surface area contributed by atoms with Crippen molar-refractivity contribution in [3.05, 3.63) is 0 Å². The lowest BCUT2D eigenvalue weighted by Crippen LogP contribution is -2.34. The van der Waals surface area contributed by atoms with Crippen LogP contribution in [0.5, 0.6) is 0 Å². The summed E-state index contributed by atoms with van der Waals surface area (Å²) >= 11 is 0. The van der Waals surface area contributed by atoms with Crippen molar-refractivity contribution in [2.24, 2.45) is 0 Å². The number of rotatable bonds is 8. The molecule has 0 aromatic heterocycles. The summed E-state index contributed by atoms with van der Waals surface area (Å²) in [6.45, 7) is 3.85. The van der Waals surface area contributed by atoms with Gasteiger partial charge < -0.3 is 10.1 Å². The van der Waals surface area contributed by atoms with Crippen molar-refractivity contribution in [1.29, 1.82) is 0 Å². The van der Waals surface area contributed by atoms with Crippen molar-refractivity contribution in [2.45, 2.75) is 13.3 Å². The summed E-state index contributed by atoms with van der Waals surface area (Å²) in [6, 6.07) is 0. The van der Waals surface area contributed by atoms with E-state index in [1.54, 1.807) is 7.11 Å². The van der Waals surface area contributed by atoms with E-state index < -0.39 is 0 Å². The van der Waals surface area contributed by atoms with Crippen LogP contribution in [0.3, 0.4) is 0 Å². The SMILES string of the molecule is CCCNC(=O)CNOCCOC. The van der Waals surface area contributed by atoms with E-state index in [4.69, 9.17) is 9.57 Å². The maximum atomic E-state index is 10.9. The molecule has 5 heteroatoms. The molecule has 0 fully saturated rings. The fourth-order valence-corrected chi connectivity index (χ4v) is 0.641. The molecule has 0 radical (unpaired) electrons. The van der Waals surface area contributed by atoms with Crippen LogP contribution in [0.1, 0.15) is 13.3 Å². The molecule has 0 spiro atoms. The quantitative estimate of drug-likeness (QED) is 0.407. The van der Waals surface area contributed by atoms with Crippen molar-refractivity contribution in [3.63, 3.8) is 0 Å². The van der Waals surface area contributed by atoms with Crippen LogP contribution in [0, 0.1) is 0 Å². The average molecular weight is 190 g/mol. The van der Waals surface area contributed by atoms with Gasteiger partial charge in [-0.1, -0.05) is 6.92 Å². The zero-order valence-corrected chi connectivity index (χ0v) is 8.26. The van der Waals surface area contributed by atoms with Crippen LogP contribution in [0.4, 0.5) is 0 Å². The molecule has 0 saturated heterocycles. The lowest BCUT2D eigenvalue weighted by molar-refractivity contribution is -0.123. The Kier molecular flexibility index (Phi) is 8.97. The summed E-state index contributed by atoms with van der Waals surface area (Å²) in [4.78, 5) is 15.8. The molecule has 1 amide bonds. The van der Waals surface area contributed by atoms with E-state index in [9.17, 15) is 4.79 Å². The zero-order valence-electron chi connectivity index (χ0n) is 8.26. The summed E-state index contributed by atoms with van der Waals surface area (Å²) in [5.41, 5.74) is 2.54. The first-order chi connectivity index (χ1) is 6.31. The van der Waals surface area contributed by atoms with Gasteiger partial charge in [0.05, 0.1) is 19.8 Å². The molecule has 0 aromatic rings. The molecule has 0 rings (SSSR count). The molecule has 13 heavy (non-hydrogen) atoms. The van der Waals surface area contributed by atoms with Gasteiger partial charge in [0.1, 0.15) is 0 Å². The maximum absolute atomic E-state index is 10.9. The molecular weight excluding hydrogens is 172 g/mol. The Labute approximate surface area is 78.7 Å². The number of carbonyl (C=O) groups excluding carboxylic acids is 1. The normalized spacial score (nSPS) is 10.0. The van der Waals surface area contributed by atoms with Crippen molar-refractivity contribution in [3.8, 4) is 0 Å². The fraction of sp³-hybridized carbons (Fsp3) is 0.875. The van der Waals surface area contributed by atoms with E-state index >= 15 is 0 Å². The summed E-state index contributed by atoms with van der Waals surface area (Å²) < 4.78 is 4.75. The lowest BCUT2D eigenvalue weighted by Gasteiger charge is -2.05. The van der Waals surface area contributed by atoms with Gasteiger partial charge in [0.15, 0.2) is 0 Å². The number of hydrogen-bond donors (Lipinski definition) is 2. The third-order valence-corrected chi connectivity index (χ3v) is 1.30. The lowest BCUT2D eigenvalue weighted by atomic mass is 10.4. The average Bonchev–Trinajstić information content (AvgIpc) is 2.14. The van der Waals surface area contributed by atoms with Gasteiger partial charge in [-0.25, -0.2) is 0 Å². The monoisotopic (exact) mass is 190 g/mol. The smallest absolute Gasteiger partial charge is 0.236 e. The van der Waals surface area contributed by atoms with Crippen molar-refractivity contribution < 1.29 is 14.4 Å². The van der Waals surface area contributed by atoms with Gasteiger partial charge in [-0.15, -0.1) is 0 Å². The Balaban J connectivity index is 3.08. The molecule has 0 aliphatic heterocycles. The minimum atomic E-state index is -0.0562. The van der Waals surface area contributed by atoms with Crippen LogP contribution in [0.2, 0.25) is 0 Å². The number of ether oxygens (including phenoxy) is 1. The van der Waals surface area contributed by atoms with E-state index in [0.29, 0.717) is 19.8 Å². The largest absolute Gasteiger partial charge is 0.382 e. The van der Waals surface area contributed by atoms with E-state index in [0.717, 1.165) is 6.42 Å². The van der Waals surface area contributed by atoms with Crippen LogP contribution >= 0.6 is 0 Å². The molecule has 0 saturated carbocycles. The van der Waals surface area contributed by atoms with Crippen LogP contribution in [-0.2, 0) is 14.4 Å². The first-order valence-electron chi connectivity index (χ1n) is 4.41. The Bertz CT molecular complexity index is 131. The van der Waals surface area contributed by atoms with Gasteiger partial charge >= 0.3 is 0 Å². The number of carbonyl (C=O) groups is 1. The number of nitrogens with one attached hydrogen (secondary N) is 2. The van der Waals surface area contributed by atoms with Crippen LogP contribution in [0.15, 0.2) is 0 Å². The minimum Gasteiger partial charge on any atom is -0.382 e. The minimum absolute atomic E-state index is 0.0562. The van der Waals surface area contributed by atoms with Gasteiger partial charge in [0, 0.05) is 13.7 Å². The molecule has 5 nitrogen and oxygen atoms in total. The predicted octanol–water partition coefficient (Wildman–Crippen LogP) is -0.320. The number of hydroxylamine groups is 1. The molecule has 0 bridgehead atoms. The molecule has 0 heterocycles. The maximum Gasteiger partial charge on any atom is 0.236 e. The summed E-state index contributed by atoms with van der Waals surface area (Å²) in [5.74, 6) is -0.0562. The Hall–Kier alpha value is -0.650. The van der Waals surface area contributed by atoms with Gasteiger partial charge in [-0.2, -0.15) is 5.48 Å². The highest BCUT2D eigenvalue weighted by Gasteiger charge is 1.97. The molecule has 0 aliphatic rings. The summed E-state index contributed by atoms with van der Waals surface area (Å²) in [7, 11) is 1.59. The first-order valence-corrected chi connectivity index (χ1v) is 4.41. The second kappa shape index (κ2) is 9.44. The Morgan fingerprint density at radius 2 is 2.15 bits per heavy atom. The molecular formula is C8H18N2O3. The summed E-state index contributed by atoms with van der Waals surface area (Å²) in [6.07, 6.45) is 0.941. The molecule has 78 valence electrons. The van der Waals surface area contributed by atoms with E-state index in [2.05, 4.69) is 10.8 Å². The van der Waals surface area contributed by atoms with Gasteiger partial charge in [-0.05, 0) is 6.42 Å². The zero-order chi connectivity index (χ0) is 9.94. The summed E-state index contributed by atoms with van der Waals surface area (Å²) in [5, 5.41) is 2.71. The third kappa shape index (κ3) is 9.26.